The zero-order valence-electron chi connectivity index (χ0n) is 9.33. The molecule has 3 atom stereocenters. The van der Waals surface area contributed by atoms with Gasteiger partial charge >= 0.3 is 0 Å². The second kappa shape index (κ2) is 4.60. The van der Waals surface area contributed by atoms with E-state index in [0.29, 0.717) is 18.2 Å². The van der Waals surface area contributed by atoms with Crippen LogP contribution in [0.3, 0.4) is 0 Å². The third-order valence-corrected chi connectivity index (χ3v) is 3.20. The van der Waals surface area contributed by atoms with Crippen LogP contribution in [0.4, 0.5) is 0 Å². The standard InChI is InChI=1S/C11H22N2O/c1-3-12-9(2)6-13-7-10-4-5-11(8-13)14-10/h9-12H,3-8H2,1-2H3. The van der Waals surface area contributed by atoms with Gasteiger partial charge in [-0.25, -0.2) is 0 Å². The lowest BCUT2D eigenvalue weighted by Crippen LogP contribution is -2.47. The summed E-state index contributed by atoms with van der Waals surface area (Å²) < 4.78 is 5.81. The van der Waals surface area contributed by atoms with Crippen LogP contribution in [0, 0.1) is 0 Å². The number of hydrogen-bond acceptors (Lipinski definition) is 3. The maximum absolute atomic E-state index is 5.81. The minimum absolute atomic E-state index is 0.530. The summed E-state index contributed by atoms with van der Waals surface area (Å²) in [4.78, 5) is 2.55. The molecule has 82 valence electrons. The fraction of sp³-hybridized carbons (Fsp3) is 1.00. The van der Waals surface area contributed by atoms with Gasteiger partial charge in [0.1, 0.15) is 0 Å². The second-order valence-electron chi connectivity index (χ2n) is 4.63. The Hall–Kier alpha value is -0.120. The van der Waals surface area contributed by atoms with Gasteiger partial charge in [0.15, 0.2) is 0 Å². The van der Waals surface area contributed by atoms with E-state index in [-0.39, 0.29) is 0 Å². The van der Waals surface area contributed by atoms with Crippen LogP contribution in [0.2, 0.25) is 0 Å². The van der Waals surface area contributed by atoms with E-state index < -0.39 is 0 Å². The Morgan fingerprint density at radius 1 is 1.36 bits per heavy atom. The fourth-order valence-corrected chi connectivity index (χ4v) is 2.65. The summed E-state index contributed by atoms with van der Waals surface area (Å²) in [6.07, 6.45) is 3.61. The number of likely N-dealkylation sites (tertiary alicyclic amines) is 1. The Kier molecular flexibility index (Phi) is 3.42. The van der Waals surface area contributed by atoms with Gasteiger partial charge in [-0.1, -0.05) is 6.92 Å². The molecule has 0 saturated carbocycles. The Labute approximate surface area is 86.8 Å². The topological polar surface area (TPSA) is 24.5 Å². The van der Waals surface area contributed by atoms with E-state index in [0.717, 1.165) is 19.6 Å². The molecule has 2 aliphatic heterocycles. The molecule has 14 heavy (non-hydrogen) atoms. The zero-order valence-corrected chi connectivity index (χ0v) is 9.33. The van der Waals surface area contributed by atoms with Crippen molar-refractivity contribution in [3.8, 4) is 0 Å². The van der Waals surface area contributed by atoms with E-state index in [9.17, 15) is 0 Å². The molecule has 2 rings (SSSR count). The van der Waals surface area contributed by atoms with E-state index in [1.54, 1.807) is 0 Å². The summed E-state index contributed by atoms with van der Waals surface area (Å²) in [5.41, 5.74) is 0. The number of rotatable bonds is 4. The third kappa shape index (κ3) is 2.47. The fourth-order valence-electron chi connectivity index (χ4n) is 2.65. The quantitative estimate of drug-likeness (QED) is 0.725. The average Bonchev–Trinajstić information content (AvgIpc) is 2.46. The minimum atomic E-state index is 0.530. The first-order valence-corrected chi connectivity index (χ1v) is 5.89. The van der Waals surface area contributed by atoms with Crippen molar-refractivity contribution < 1.29 is 4.74 Å². The molecule has 3 heteroatoms. The summed E-state index contributed by atoms with van der Waals surface area (Å²) in [6.45, 7) is 8.96. The molecule has 0 spiro atoms. The highest BCUT2D eigenvalue weighted by atomic mass is 16.5. The van der Waals surface area contributed by atoms with Crippen LogP contribution >= 0.6 is 0 Å². The van der Waals surface area contributed by atoms with E-state index >= 15 is 0 Å². The first-order valence-electron chi connectivity index (χ1n) is 5.89. The normalized spacial score (nSPS) is 34.7. The van der Waals surface area contributed by atoms with Gasteiger partial charge in [-0.05, 0) is 26.3 Å². The molecular formula is C11H22N2O. The van der Waals surface area contributed by atoms with Crippen LogP contribution in [-0.2, 0) is 4.74 Å². The molecule has 0 aromatic heterocycles. The predicted octanol–water partition coefficient (Wildman–Crippen LogP) is 0.848. The third-order valence-electron chi connectivity index (χ3n) is 3.20. The first-order chi connectivity index (χ1) is 6.78. The molecule has 2 aliphatic rings. The molecule has 0 aromatic carbocycles. The highest BCUT2D eigenvalue weighted by Crippen LogP contribution is 2.25. The molecule has 0 amide bonds. The van der Waals surface area contributed by atoms with E-state index in [1.165, 1.54) is 19.4 Å². The summed E-state index contributed by atoms with van der Waals surface area (Å²) in [5, 5.41) is 3.46. The van der Waals surface area contributed by atoms with Crippen LogP contribution in [0.25, 0.3) is 0 Å². The number of likely N-dealkylation sites (N-methyl/N-ethyl adjacent to an activating group) is 1. The largest absolute Gasteiger partial charge is 0.372 e. The zero-order chi connectivity index (χ0) is 9.97. The van der Waals surface area contributed by atoms with Crippen LogP contribution in [0.1, 0.15) is 26.7 Å². The molecule has 0 aliphatic carbocycles. The summed E-state index contributed by atoms with van der Waals surface area (Å²) in [5.74, 6) is 0. The second-order valence-corrected chi connectivity index (χ2v) is 4.63. The van der Waals surface area contributed by atoms with Crippen molar-refractivity contribution in [2.45, 2.75) is 44.9 Å². The molecule has 3 nitrogen and oxygen atoms in total. The molecule has 0 radical (unpaired) electrons. The molecule has 2 saturated heterocycles. The van der Waals surface area contributed by atoms with Crippen molar-refractivity contribution in [1.29, 1.82) is 0 Å². The van der Waals surface area contributed by atoms with Gasteiger partial charge in [0.05, 0.1) is 12.2 Å². The van der Waals surface area contributed by atoms with E-state index in [1.807, 2.05) is 0 Å². The van der Waals surface area contributed by atoms with Crippen LogP contribution in [0.15, 0.2) is 0 Å². The Bertz CT molecular complexity index is 174. The van der Waals surface area contributed by atoms with Crippen molar-refractivity contribution in [2.75, 3.05) is 26.2 Å². The lowest BCUT2D eigenvalue weighted by atomic mass is 10.2. The predicted molar refractivity (Wildman–Crippen MR) is 57.5 cm³/mol. The number of nitrogens with one attached hydrogen (secondary N) is 1. The van der Waals surface area contributed by atoms with Gasteiger partial charge in [0.2, 0.25) is 0 Å². The Morgan fingerprint density at radius 2 is 2.00 bits per heavy atom. The van der Waals surface area contributed by atoms with Crippen molar-refractivity contribution in [1.82, 2.24) is 10.2 Å². The smallest absolute Gasteiger partial charge is 0.0707 e. The van der Waals surface area contributed by atoms with Gasteiger partial charge < -0.3 is 10.1 Å². The lowest BCUT2D eigenvalue weighted by Gasteiger charge is -2.33. The molecular weight excluding hydrogens is 176 g/mol. The van der Waals surface area contributed by atoms with Crippen LogP contribution < -0.4 is 5.32 Å². The number of nitrogens with zero attached hydrogens (tertiary/aromatic N) is 1. The molecule has 2 heterocycles. The molecule has 1 N–H and O–H groups in total. The van der Waals surface area contributed by atoms with Gasteiger partial charge in [-0.15, -0.1) is 0 Å². The summed E-state index contributed by atoms with van der Waals surface area (Å²) >= 11 is 0. The van der Waals surface area contributed by atoms with Crippen LogP contribution in [-0.4, -0.2) is 49.3 Å². The maximum Gasteiger partial charge on any atom is 0.0707 e. The van der Waals surface area contributed by atoms with Gasteiger partial charge in [0, 0.05) is 25.7 Å². The minimum Gasteiger partial charge on any atom is -0.372 e. The van der Waals surface area contributed by atoms with Gasteiger partial charge in [-0.3, -0.25) is 4.90 Å². The number of ether oxygens (including phenoxy) is 1. The van der Waals surface area contributed by atoms with E-state index in [2.05, 4.69) is 24.1 Å². The van der Waals surface area contributed by atoms with Crippen molar-refractivity contribution in [3.63, 3.8) is 0 Å². The van der Waals surface area contributed by atoms with Crippen molar-refractivity contribution >= 4 is 0 Å². The summed E-state index contributed by atoms with van der Waals surface area (Å²) in [6, 6.07) is 0.609. The molecule has 3 unspecified atom stereocenters. The number of morpholine rings is 1. The van der Waals surface area contributed by atoms with Gasteiger partial charge in [-0.2, -0.15) is 0 Å². The SMILES string of the molecule is CCNC(C)CN1CC2CCC(C1)O2. The van der Waals surface area contributed by atoms with E-state index in [4.69, 9.17) is 4.74 Å². The monoisotopic (exact) mass is 198 g/mol. The van der Waals surface area contributed by atoms with Crippen LogP contribution in [0.5, 0.6) is 0 Å². The first kappa shape index (κ1) is 10.4. The average molecular weight is 198 g/mol. The maximum atomic E-state index is 5.81. The van der Waals surface area contributed by atoms with Gasteiger partial charge in [0.25, 0.3) is 0 Å². The Morgan fingerprint density at radius 3 is 2.57 bits per heavy atom. The number of hydrogen-bond donors (Lipinski definition) is 1. The summed E-state index contributed by atoms with van der Waals surface area (Å²) in [7, 11) is 0. The molecule has 2 bridgehead atoms. The van der Waals surface area contributed by atoms with Crippen molar-refractivity contribution in [2.24, 2.45) is 0 Å². The Balaban J connectivity index is 1.76. The number of fused-ring (bicyclic) bond motifs is 2. The lowest BCUT2D eigenvalue weighted by molar-refractivity contribution is -0.0400. The van der Waals surface area contributed by atoms with Crippen molar-refractivity contribution in [3.05, 3.63) is 0 Å². The molecule has 2 fully saturated rings. The highest BCUT2D eigenvalue weighted by molar-refractivity contribution is 4.85. The molecule has 0 aromatic rings. The highest BCUT2D eigenvalue weighted by Gasteiger charge is 2.33.